The van der Waals surface area contributed by atoms with Crippen LogP contribution in [0.2, 0.25) is 5.02 Å². The van der Waals surface area contributed by atoms with Crippen molar-refractivity contribution in [2.45, 2.75) is 38.3 Å². The number of halogens is 2. The molecule has 28 heavy (non-hydrogen) atoms. The van der Waals surface area contributed by atoms with Crippen molar-refractivity contribution in [3.8, 4) is 0 Å². The Kier molecular flexibility index (Phi) is 5.12. The van der Waals surface area contributed by atoms with E-state index in [4.69, 9.17) is 16.3 Å². The van der Waals surface area contributed by atoms with Crippen LogP contribution in [0, 0.1) is 5.82 Å². The lowest BCUT2D eigenvalue weighted by molar-refractivity contribution is 0.108. The van der Waals surface area contributed by atoms with Gasteiger partial charge in [0.2, 0.25) is 0 Å². The number of rotatable bonds is 2. The monoisotopic (exact) mass is 405 g/mol. The Bertz CT molecular complexity index is 991. The molecule has 2 N–H and O–H groups in total. The highest BCUT2D eigenvalue weighted by Gasteiger charge is 2.32. The molecule has 1 aliphatic carbocycles. The first kappa shape index (κ1) is 19.0. The van der Waals surface area contributed by atoms with Gasteiger partial charge in [-0.15, -0.1) is 0 Å². The molecule has 2 amide bonds. The first-order valence-corrected chi connectivity index (χ1v) is 9.67. The Morgan fingerprint density at radius 3 is 2.96 bits per heavy atom. The third-order valence-electron chi connectivity index (χ3n) is 5.49. The summed E-state index contributed by atoms with van der Waals surface area (Å²) < 4.78 is 18.8. The maximum Gasteiger partial charge on any atom is 0.322 e. The highest BCUT2D eigenvalue weighted by molar-refractivity contribution is 6.31. The summed E-state index contributed by atoms with van der Waals surface area (Å²) in [6.07, 6.45) is 3.14. The smallest absolute Gasteiger partial charge is 0.322 e. The number of amides is 2. The van der Waals surface area contributed by atoms with Gasteiger partial charge in [-0.25, -0.2) is 9.18 Å². The standard InChI is InChI=1S/C20H21ClFN3O3/c1-25(20(27)23-11-5-6-15(22)14(21)9-11)17-4-2-3-16-18(17)12-7-8-28-10-13(12)19(26)24-16/h5-6,9,17H,2-4,7-8,10H2,1H3,(H,23,27)(H,24,26)/t17-/m1/s1. The molecule has 0 spiro atoms. The van der Waals surface area contributed by atoms with Crippen LogP contribution in [-0.4, -0.2) is 29.6 Å². The first-order valence-electron chi connectivity index (χ1n) is 9.29. The summed E-state index contributed by atoms with van der Waals surface area (Å²) in [7, 11) is 1.73. The second-order valence-corrected chi connectivity index (χ2v) is 7.59. The number of aryl methyl sites for hydroxylation is 1. The van der Waals surface area contributed by atoms with Crippen LogP contribution in [0.25, 0.3) is 0 Å². The predicted octanol–water partition coefficient (Wildman–Crippen LogP) is 3.78. The Balaban J connectivity index is 1.64. The molecule has 1 atom stereocenters. The van der Waals surface area contributed by atoms with Crippen LogP contribution in [0.3, 0.4) is 0 Å². The number of benzene rings is 1. The first-order chi connectivity index (χ1) is 13.5. The maximum atomic E-state index is 13.3. The van der Waals surface area contributed by atoms with E-state index >= 15 is 0 Å². The average Bonchev–Trinajstić information content (AvgIpc) is 2.70. The van der Waals surface area contributed by atoms with Gasteiger partial charge < -0.3 is 19.9 Å². The summed E-state index contributed by atoms with van der Waals surface area (Å²) in [4.78, 5) is 29.8. The number of hydrogen-bond donors (Lipinski definition) is 2. The number of aromatic amines is 1. The third-order valence-corrected chi connectivity index (χ3v) is 5.78. The zero-order chi connectivity index (χ0) is 19.8. The normalized spacial score (nSPS) is 18.2. The van der Waals surface area contributed by atoms with Gasteiger partial charge in [0.05, 0.1) is 24.3 Å². The number of carbonyl (C=O) groups is 1. The summed E-state index contributed by atoms with van der Waals surface area (Å²) >= 11 is 5.80. The summed E-state index contributed by atoms with van der Waals surface area (Å²) in [6, 6.07) is 3.61. The summed E-state index contributed by atoms with van der Waals surface area (Å²) in [5, 5.41) is 2.72. The summed E-state index contributed by atoms with van der Waals surface area (Å²) in [5.41, 5.74) is 3.96. The Morgan fingerprint density at radius 1 is 1.36 bits per heavy atom. The highest BCUT2D eigenvalue weighted by atomic mass is 35.5. The zero-order valence-electron chi connectivity index (χ0n) is 15.5. The number of pyridine rings is 1. The van der Waals surface area contributed by atoms with Gasteiger partial charge in [0, 0.05) is 24.0 Å². The maximum absolute atomic E-state index is 13.3. The fourth-order valence-corrected chi connectivity index (χ4v) is 4.26. The zero-order valence-corrected chi connectivity index (χ0v) is 16.2. The molecule has 6 nitrogen and oxygen atoms in total. The van der Waals surface area contributed by atoms with E-state index < -0.39 is 5.82 Å². The molecule has 0 fully saturated rings. The molecular weight excluding hydrogens is 385 g/mol. The minimum absolute atomic E-state index is 0.0462. The van der Waals surface area contributed by atoms with E-state index in [0.29, 0.717) is 30.9 Å². The van der Waals surface area contributed by atoms with E-state index in [1.54, 1.807) is 11.9 Å². The SMILES string of the molecule is CN(C(=O)Nc1ccc(F)c(Cl)c1)[C@@H]1CCCc2[nH]c(=O)c3c(c21)CCOC3. The van der Waals surface area contributed by atoms with E-state index in [2.05, 4.69) is 10.3 Å². The molecule has 0 saturated heterocycles. The summed E-state index contributed by atoms with van der Waals surface area (Å²) in [5.74, 6) is -0.535. The fourth-order valence-electron chi connectivity index (χ4n) is 4.08. The number of urea groups is 1. The average molecular weight is 406 g/mol. The van der Waals surface area contributed by atoms with E-state index in [9.17, 15) is 14.0 Å². The quantitative estimate of drug-likeness (QED) is 0.798. The largest absolute Gasteiger partial charge is 0.376 e. The van der Waals surface area contributed by atoms with Gasteiger partial charge in [-0.05, 0) is 55.0 Å². The van der Waals surface area contributed by atoms with Crippen molar-refractivity contribution in [3.63, 3.8) is 0 Å². The van der Waals surface area contributed by atoms with Gasteiger partial charge in [-0.2, -0.15) is 0 Å². The molecule has 0 bridgehead atoms. The topological polar surface area (TPSA) is 74.4 Å². The van der Waals surface area contributed by atoms with Crippen LogP contribution in [0.1, 0.15) is 41.3 Å². The van der Waals surface area contributed by atoms with Crippen molar-refractivity contribution in [2.24, 2.45) is 0 Å². The van der Waals surface area contributed by atoms with Crippen LogP contribution in [0.5, 0.6) is 0 Å². The molecule has 4 rings (SSSR count). The second kappa shape index (κ2) is 7.56. The third kappa shape index (κ3) is 3.40. The van der Waals surface area contributed by atoms with E-state index in [1.165, 1.54) is 18.2 Å². The number of hydrogen-bond acceptors (Lipinski definition) is 3. The van der Waals surface area contributed by atoms with Crippen LogP contribution in [0.15, 0.2) is 23.0 Å². The Morgan fingerprint density at radius 2 is 2.18 bits per heavy atom. The number of anilines is 1. The summed E-state index contributed by atoms with van der Waals surface area (Å²) in [6.45, 7) is 0.869. The number of fused-ring (bicyclic) bond motifs is 3. The lowest BCUT2D eigenvalue weighted by Crippen LogP contribution is -2.39. The van der Waals surface area contributed by atoms with Gasteiger partial charge in [0.25, 0.3) is 5.56 Å². The number of nitrogens with one attached hydrogen (secondary N) is 2. The van der Waals surface area contributed by atoms with Gasteiger partial charge in [-0.3, -0.25) is 4.79 Å². The molecule has 2 aromatic rings. The van der Waals surface area contributed by atoms with Crippen molar-refractivity contribution in [2.75, 3.05) is 19.0 Å². The number of carbonyl (C=O) groups excluding carboxylic acids is 1. The van der Waals surface area contributed by atoms with E-state index in [0.717, 1.165) is 36.1 Å². The second-order valence-electron chi connectivity index (χ2n) is 7.18. The van der Waals surface area contributed by atoms with E-state index in [1.807, 2.05) is 0 Å². The van der Waals surface area contributed by atoms with Crippen LogP contribution in [0.4, 0.5) is 14.9 Å². The predicted molar refractivity (Wildman–Crippen MR) is 104 cm³/mol. The molecule has 0 unspecified atom stereocenters. The minimum Gasteiger partial charge on any atom is -0.376 e. The fraction of sp³-hybridized carbons (Fsp3) is 0.400. The minimum atomic E-state index is -0.535. The molecule has 2 heterocycles. The Hall–Kier alpha value is -2.38. The molecule has 1 aliphatic heterocycles. The number of H-pyrrole nitrogens is 1. The molecule has 1 aromatic heterocycles. The molecule has 1 aromatic carbocycles. The molecular formula is C20H21ClFN3O3. The van der Waals surface area contributed by atoms with Gasteiger partial charge >= 0.3 is 6.03 Å². The van der Waals surface area contributed by atoms with Crippen LogP contribution < -0.4 is 10.9 Å². The van der Waals surface area contributed by atoms with Gasteiger partial charge in [-0.1, -0.05) is 11.6 Å². The van der Waals surface area contributed by atoms with Crippen LogP contribution >= 0.6 is 11.6 Å². The number of nitrogens with zero attached hydrogens (tertiary/aromatic N) is 1. The van der Waals surface area contributed by atoms with Crippen molar-refractivity contribution in [3.05, 3.63) is 61.8 Å². The molecule has 2 aliphatic rings. The number of aromatic nitrogens is 1. The lowest BCUT2D eigenvalue weighted by Gasteiger charge is -2.36. The number of ether oxygens (including phenoxy) is 1. The van der Waals surface area contributed by atoms with Gasteiger partial charge in [0.15, 0.2) is 0 Å². The van der Waals surface area contributed by atoms with Crippen LogP contribution in [-0.2, 0) is 24.2 Å². The molecule has 148 valence electrons. The molecule has 0 radical (unpaired) electrons. The Labute approximate surface area is 166 Å². The van der Waals surface area contributed by atoms with Crippen molar-refractivity contribution < 1.29 is 13.9 Å². The lowest BCUT2D eigenvalue weighted by atomic mass is 9.84. The van der Waals surface area contributed by atoms with E-state index in [-0.39, 0.29) is 22.7 Å². The van der Waals surface area contributed by atoms with Crippen molar-refractivity contribution in [1.82, 2.24) is 9.88 Å². The van der Waals surface area contributed by atoms with Crippen molar-refractivity contribution >= 4 is 23.3 Å². The van der Waals surface area contributed by atoms with Crippen molar-refractivity contribution in [1.29, 1.82) is 0 Å². The molecule has 0 saturated carbocycles. The highest BCUT2D eigenvalue weighted by Crippen LogP contribution is 2.37. The van der Waals surface area contributed by atoms with Gasteiger partial charge in [0.1, 0.15) is 5.82 Å². The molecule has 8 heteroatoms.